The average Bonchev–Trinajstić information content (AvgIpc) is 3.27. The molecule has 0 fully saturated rings. The van der Waals surface area contributed by atoms with Gasteiger partial charge in [0.05, 0.1) is 30.9 Å². The first kappa shape index (κ1) is 20.7. The van der Waals surface area contributed by atoms with Gasteiger partial charge in [-0.25, -0.2) is 0 Å². The minimum atomic E-state index is -0.396. The minimum Gasteiger partial charge on any atom is -0.497 e. The van der Waals surface area contributed by atoms with E-state index in [1.807, 2.05) is 36.5 Å². The van der Waals surface area contributed by atoms with Crippen LogP contribution < -0.4 is 14.8 Å². The summed E-state index contributed by atoms with van der Waals surface area (Å²) in [6.45, 7) is 1.46. The number of nitro groups is 1. The molecule has 2 heterocycles. The zero-order valence-corrected chi connectivity index (χ0v) is 18.0. The monoisotopic (exact) mass is 438 g/mol. The number of methoxy groups -OCH3 is 2. The Balaban J connectivity index is 1.68. The van der Waals surface area contributed by atoms with Crippen molar-refractivity contribution in [1.82, 2.24) is 9.47 Å². The highest BCUT2D eigenvalue weighted by atomic mass is 32.1. The van der Waals surface area contributed by atoms with E-state index in [4.69, 9.17) is 21.7 Å². The number of thiocarbonyl (C=S) groups is 1. The van der Waals surface area contributed by atoms with Crippen molar-refractivity contribution in [1.29, 1.82) is 0 Å². The third-order valence-electron chi connectivity index (χ3n) is 5.37. The maximum atomic E-state index is 11.1. The summed E-state index contributed by atoms with van der Waals surface area (Å²) in [6, 6.07) is 16.0. The number of ether oxygens (including phenoxy) is 2. The fraction of sp³-hybridized carbons (Fsp3) is 0.227. The van der Waals surface area contributed by atoms with Gasteiger partial charge < -0.3 is 24.3 Å². The summed E-state index contributed by atoms with van der Waals surface area (Å²) in [5.74, 6) is 1.33. The van der Waals surface area contributed by atoms with E-state index in [-0.39, 0.29) is 11.7 Å². The normalized spacial score (nSPS) is 15.2. The highest BCUT2D eigenvalue weighted by Gasteiger charge is 2.31. The molecule has 2 aromatic carbocycles. The van der Waals surface area contributed by atoms with Gasteiger partial charge in [-0.2, -0.15) is 0 Å². The molecule has 0 aliphatic carbocycles. The van der Waals surface area contributed by atoms with E-state index >= 15 is 0 Å². The number of benzene rings is 2. The van der Waals surface area contributed by atoms with Gasteiger partial charge in [-0.05, 0) is 54.2 Å². The summed E-state index contributed by atoms with van der Waals surface area (Å²) >= 11 is 5.79. The molecule has 0 radical (unpaired) electrons. The van der Waals surface area contributed by atoms with Crippen molar-refractivity contribution in [3.05, 3.63) is 82.2 Å². The van der Waals surface area contributed by atoms with E-state index in [1.54, 1.807) is 26.4 Å². The molecule has 1 aliphatic heterocycles. The van der Waals surface area contributed by atoms with Crippen molar-refractivity contribution in [2.24, 2.45) is 0 Å². The Bertz CT molecular complexity index is 1110. The predicted octanol–water partition coefficient (Wildman–Crippen LogP) is 4.22. The van der Waals surface area contributed by atoms with E-state index < -0.39 is 4.92 Å². The third-order valence-corrected chi connectivity index (χ3v) is 5.70. The van der Waals surface area contributed by atoms with Crippen LogP contribution in [0.1, 0.15) is 17.3 Å². The van der Waals surface area contributed by atoms with Gasteiger partial charge in [-0.15, -0.1) is 0 Å². The molecule has 1 N–H and O–H groups in total. The largest absolute Gasteiger partial charge is 0.497 e. The molecule has 0 amide bonds. The number of fused-ring (bicyclic) bond motifs is 1. The molecule has 9 heteroatoms. The van der Waals surface area contributed by atoms with E-state index in [0.29, 0.717) is 28.8 Å². The molecule has 4 rings (SSSR count). The Labute approximate surface area is 185 Å². The molecule has 1 atom stereocenters. The maximum Gasteiger partial charge on any atom is 0.269 e. The van der Waals surface area contributed by atoms with Gasteiger partial charge in [-0.1, -0.05) is 0 Å². The van der Waals surface area contributed by atoms with Gasteiger partial charge >= 0.3 is 0 Å². The number of hydrogen-bond acceptors (Lipinski definition) is 5. The standard InChI is InChI=1S/C22H22N4O4S/c1-29-17-9-10-20(30-2)18(14-17)23-22(31)25-13-12-24-11-3-4-19(24)21(25)15-5-7-16(8-6-15)26(27)28/h3-11,14,21H,12-13H2,1-2H3,(H,23,31). The van der Waals surface area contributed by atoms with Gasteiger partial charge in [0.1, 0.15) is 11.5 Å². The van der Waals surface area contributed by atoms with Gasteiger partial charge in [0.25, 0.3) is 5.69 Å². The smallest absolute Gasteiger partial charge is 0.269 e. The summed E-state index contributed by atoms with van der Waals surface area (Å²) in [7, 11) is 3.21. The first-order valence-corrected chi connectivity index (χ1v) is 10.1. The molecule has 0 spiro atoms. The fourth-order valence-corrected chi connectivity index (χ4v) is 4.14. The lowest BCUT2D eigenvalue weighted by atomic mass is 10.00. The van der Waals surface area contributed by atoms with Crippen LogP contribution in [0.3, 0.4) is 0 Å². The molecule has 1 unspecified atom stereocenters. The lowest BCUT2D eigenvalue weighted by molar-refractivity contribution is -0.384. The average molecular weight is 439 g/mol. The summed E-state index contributed by atoms with van der Waals surface area (Å²) in [6.07, 6.45) is 2.03. The first-order chi connectivity index (χ1) is 15.0. The van der Waals surface area contributed by atoms with Crippen LogP contribution in [0.15, 0.2) is 60.8 Å². The van der Waals surface area contributed by atoms with Gasteiger partial charge in [0, 0.05) is 43.2 Å². The van der Waals surface area contributed by atoms with Gasteiger partial charge in [0.15, 0.2) is 5.11 Å². The van der Waals surface area contributed by atoms with Crippen LogP contribution in [0.4, 0.5) is 11.4 Å². The zero-order chi connectivity index (χ0) is 22.0. The van der Waals surface area contributed by atoms with Crippen molar-refractivity contribution < 1.29 is 14.4 Å². The molecule has 1 aliphatic rings. The molecule has 1 aromatic heterocycles. The zero-order valence-electron chi connectivity index (χ0n) is 17.1. The van der Waals surface area contributed by atoms with Crippen LogP contribution >= 0.6 is 12.2 Å². The lowest BCUT2D eigenvalue weighted by Crippen LogP contribution is -2.44. The Hall–Kier alpha value is -3.59. The van der Waals surface area contributed by atoms with Crippen LogP contribution in [0, 0.1) is 10.1 Å². The topological polar surface area (TPSA) is 81.8 Å². The van der Waals surface area contributed by atoms with Crippen LogP contribution in [-0.4, -0.2) is 40.3 Å². The molecule has 3 aromatic rings. The SMILES string of the molecule is COc1ccc(OC)c(NC(=S)N2CCn3cccc3C2c2ccc([N+](=O)[O-])cc2)c1. The third kappa shape index (κ3) is 4.04. The van der Waals surface area contributed by atoms with Crippen LogP contribution in [-0.2, 0) is 6.54 Å². The second-order valence-corrected chi connectivity index (χ2v) is 7.45. The van der Waals surface area contributed by atoms with Gasteiger partial charge in [-0.3, -0.25) is 10.1 Å². The summed E-state index contributed by atoms with van der Waals surface area (Å²) < 4.78 is 13.0. The number of nitrogens with one attached hydrogen (secondary N) is 1. The van der Waals surface area contributed by atoms with E-state index in [1.165, 1.54) is 12.1 Å². The number of nitrogens with zero attached hydrogens (tertiary/aromatic N) is 3. The van der Waals surface area contributed by atoms with Crippen LogP contribution in [0.5, 0.6) is 11.5 Å². The van der Waals surface area contributed by atoms with E-state index in [0.717, 1.165) is 17.8 Å². The number of nitro benzene ring substituents is 1. The molecular formula is C22H22N4O4S. The summed E-state index contributed by atoms with van der Waals surface area (Å²) in [5.41, 5.74) is 2.76. The van der Waals surface area contributed by atoms with E-state index in [9.17, 15) is 10.1 Å². The molecule has 0 saturated carbocycles. The van der Waals surface area contributed by atoms with Crippen molar-refractivity contribution >= 4 is 28.7 Å². The number of anilines is 1. The highest BCUT2D eigenvalue weighted by molar-refractivity contribution is 7.80. The number of aromatic nitrogens is 1. The van der Waals surface area contributed by atoms with Gasteiger partial charge in [0.2, 0.25) is 0 Å². The molecule has 8 nitrogen and oxygen atoms in total. The molecule has 0 saturated heterocycles. The molecular weight excluding hydrogens is 416 g/mol. The Kier molecular flexibility index (Phi) is 5.77. The van der Waals surface area contributed by atoms with Crippen molar-refractivity contribution in [3.8, 4) is 11.5 Å². The minimum absolute atomic E-state index is 0.0586. The van der Waals surface area contributed by atoms with E-state index in [2.05, 4.69) is 14.8 Å². The highest BCUT2D eigenvalue weighted by Crippen LogP contribution is 2.35. The molecule has 160 valence electrons. The second kappa shape index (κ2) is 8.65. The van der Waals surface area contributed by atoms with Crippen molar-refractivity contribution in [2.75, 3.05) is 26.1 Å². The number of non-ortho nitro benzene ring substituents is 1. The Morgan fingerprint density at radius 2 is 1.90 bits per heavy atom. The van der Waals surface area contributed by atoms with Crippen molar-refractivity contribution in [2.45, 2.75) is 12.6 Å². The fourth-order valence-electron chi connectivity index (χ4n) is 3.83. The quantitative estimate of drug-likeness (QED) is 0.363. The Morgan fingerprint density at radius 1 is 1.13 bits per heavy atom. The van der Waals surface area contributed by atoms with Crippen molar-refractivity contribution in [3.63, 3.8) is 0 Å². The summed E-state index contributed by atoms with van der Waals surface area (Å²) in [5, 5.41) is 14.9. The lowest BCUT2D eigenvalue weighted by Gasteiger charge is -2.39. The second-order valence-electron chi connectivity index (χ2n) is 7.07. The van der Waals surface area contributed by atoms with Crippen LogP contribution in [0.2, 0.25) is 0 Å². The number of hydrogen-bond donors (Lipinski definition) is 1. The number of rotatable bonds is 5. The maximum absolute atomic E-state index is 11.1. The first-order valence-electron chi connectivity index (χ1n) is 9.71. The Morgan fingerprint density at radius 3 is 2.58 bits per heavy atom. The predicted molar refractivity (Wildman–Crippen MR) is 122 cm³/mol. The molecule has 31 heavy (non-hydrogen) atoms. The molecule has 0 bridgehead atoms. The summed E-state index contributed by atoms with van der Waals surface area (Å²) in [4.78, 5) is 12.8. The van der Waals surface area contributed by atoms with Crippen LogP contribution in [0.25, 0.3) is 0 Å².